The predicted octanol–water partition coefficient (Wildman–Crippen LogP) is -6.10. The molecule has 0 aliphatic carbocycles. The fourth-order valence-electron chi connectivity index (χ4n) is 8.72. The van der Waals surface area contributed by atoms with E-state index in [9.17, 15) is 0 Å². The molecular weight excluding hydrogens is 1650 g/mol. The number of halogens is 4. The van der Waals surface area contributed by atoms with Crippen LogP contribution in [-0.2, 0) is 73.0 Å². The normalized spacial score (nSPS) is 11.9. The molecule has 0 spiro atoms. The molecule has 34 nitrogen and oxygen atoms in total. The molecule has 0 aliphatic rings. The number of ether oxygens (including phenoxy) is 3. The maximum Gasteiger partial charge on any atom is 2.00 e. The third kappa shape index (κ3) is 44.5. The third-order valence-electron chi connectivity index (χ3n) is 13.4. The average Bonchev–Trinajstić information content (AvgIpc) is 0.871. The molecule has 3 aromatic carbocycles. The molecule has 0 radical (unpaired) electrons. The van der Waals surface area contributed by atoms with Crippen LogP contribution in [0.5, 0.6) is 0 Å². The van der Waals surface area contributed by atoms with Gasteiger partial charge in [-0.15, -0.1) is 41.0 Å². The van der Waals surface area contributed by atoms with Gasteiger partial charge in [-0.1, -0.05) is 127 Å². The number of aromatic nitrogens is 12. The largest absolute Gasteiger partial charge is 2.00 e. The summed E-state index contributed by atoms with van der Waals surface area (Å²) >= 11 is 0. The van der Waals surface area contributed by atoms with E-state index in [4.69, 9.17) is 93.7 Å². The second-order valence-electron chi connectivity index (χ2n) is 21.4. The summed E-state index contributed by atoms with van der Waals surface area (Å²) in [5.41, 5.74) is 13.4. The first-order valence-electron chi connectivity index (χ1n) is 31.5. The summed E-state index contributed by atoms with van der Waals surface area (Å²) < 4.78 is 154. The molecule has 0 aliphatic heterocycles. The predicted molar refractivity (Wildman–Crippen MR) is 348 cm³/mol. The van der Waals surface area contributed by atoms with Crippen LogP contribution in [0.25, 0.3) is 34.2 Å². The van der Waals surface area contributed by atoms with E-state index in [1.165, 1.54) is 0 Å². The Balaban J connectivity index is 0.000000312. The number of hydrogen-bond acceptors (Lipinski definition) is 34. The molecule has 12 aromatic rings. The minimum Gasteiger partial charge on any atom is -0.374 e. The van der Waals surface area contributed by atoms with Gasteiger partial charge < -0.3 is 14.2 Å². The van der Waals surface area contributed by atoms with Gasteiger partial charge >= 0.3 is 39.0 Å². The van der Waals surface area contributed by atoms with Crippen molar-refractivity contribution in [2.75, 3.05) is 19.8 Å². The van der Waals surface area contributed by atoms with Gasteiger partial charge in [0.1, 0.15) is 5.69 Å². The number of aliphatic imine (C=N–C) groups is 3. The molecular formula is C72H63Cl4N15O19Zn2. The number of pyridine rings is 6. The van der Waals surface area contributed by atoms with Crippen molar-refractivity contribution in [3.63, 3.8) is 0 Å². The molecule has 40 heteroatoms. The van der Waals surface area contributed by atoms with Gasteiger partial charge in [0.15, 0.2) is 0 Å². The van der Waals surface area contributed by atoms with Gasteiger partial charge in [-0.2, -0.15) is 0 Å². The molecule has 0 saturated heterocycles. The average molecular weight is 1710 g/mol. The van der Waals surface area contributed by atoms with Crippen molar-refractivity contribution in [3.8, 4) is 34.2 Å². The van der Waals surface area contributed by atoms with E-state index in [1.807, 2.05) is 182 Å². The Morgan fingerprint density at radius 1 is 0.259 bits per heavy atom. The standard InChI is InChI=1S/3C24H21N5O.4ClHO4.2Zn/c2*1-2-6-20(7-3-1)24(29-16-21-15-25-12-13-26-21)18-30-17-19-9-10-23(28-14-19)22-8-4-5-11-27-22;1-2-6-20(7-3-1)24(29-15-21-8-4-5-11-26-21)18-30-17-19-9-10-22(28-14-19)23-16-25-12-13-27-23;4*2-1(3,4)5;;/h3*1-16,24H,17-18H2;4*(H,2,3,4,5);;/q;;;;;;;2*+2/p-4/t3*24-;;;;;;/m000....../s1. The Morgan fingerprint density at radius 3 is 0.795 bits per heavy atom. The van der Waals surface area contributed by atoms with Crippen molar-refractivity contribution in [1.82, 2.24) is 59.8 Å². The summed E-state index contributed by atoms with van der Waals surface area (Å²) in [6.07, 6.45) is 30.9. The summed E-state index contributed by atoms with van der Waals surface area (Å²) in [4.78, 5) is 65.4. The number of benzene rings is 3. The van der Waals surface area contributed by atoms with E-state index in [2.05, 4.69) is 81.9 Å². The zero-order chi connectivity index (χ0) is 79.3. The minimum absolute atomic E-state index is 0. The van der Waals surface area contributed by atoms with Crippen molar-refractivity contribution in [3.05, 3.63) is 325 Å². The summed E-state index contributed by atoms with van der Waals surface area (Å²) in [5.74, 6) is 0. The smallest absolute Gasteiger partial charge is 0.374 e. The first-order valence-corrected chi connectivity index (χ1v) is 36.4. The van der Waals surface area contributed by atoms with Gasteiger partial charge in [0, 0.05) is 93.0 Å². The number of hydrogen-bond donors (Lipinski definition) is 0. The second kappa shape index (κ2) is 51.9. The SMILES string of the molecule is C(=N[C@@H](COCc1ccc(-c2ccccn2)nc1)c1ccccc1)c1cnccn1.C(=N[C@@H](COCc1ccc(-c2ccccn2)nc1)c1ccccc1)c1cnccn1.C(=N[C@@H](COCc1ccc(-c2cnccn2)nc1)c1ccccc1)c1ccccn1.[O-][Cl+3]([O-])([O-])[O-].[O-][Cl+3]([O-])([O-])[O-].[O-][Cl+3]([O-])([O-])[O-].[O-][Cl+3]([O-])([O-])[O-].[Zn+2].[Zn+2]. The number of rotatable bonds is 24. The van der Waals surface area contributed by atoms with Crippen molar-refractivity contribution >= 4 is 18.6 Å². The van der Waals surface area contributed by atoms with Crippen molar-refractivity contribution in [2.45, 2.75) is 37.9 Å². The molecule has 0 amide bonds. The monoisotopic (exact) mass is 1710 g/mol. The van der Waals surface area contributed by atoms with Crippen molar-refractivity contribution in [1.29, 1.82) is 0 Å². The first kappa shape index (κ1) is 94.8. The van der Waals surface area contributed by atoms with Crippen LogP contribution in [-0.4, -0.2) is 98.3 Å². The molecule has 0 unspecified atom stereocenters. The van der Waals surface area contributed by atoms with Crippen LogP contribution < -0.4 is 74.5 Å². The zero-order valence-corrected chi connectivity index (χ0v) is 67.5. The summed E-state index contributed by atoms with van der Waals surface area (Å²) in [6, 6.07) is 59.1. The molecule has 3 atom stereocenters. The Morgan fingerprint density at radius 2 is 0.527 bits per heavy atom. The topological polar surface area (TPSA) is 588 Å². The molecule has 0 bridgehead atoms. The van der Waals surface area contributed by atoms with Gasteiger partial charge in [-0.25, -0.2) is 74.5 Å². The van der Waals surface area contributed by atoms with Crippen LogP contribution in [0.3, 0.4) is 0 Å². The maximum absolute atomic E-state index is 8.49. The molecule has 572 valence electrons. The first-order chi connectivity index (χ1) is 52.6. The minimum atomic E-state index is -4.94. The molecule has 0 saturated carbocycles. The maximum atomic E-state index is 8.49. The van der Waals surface area contributed by atoms with Gasteiger partial charge in [0.2, 0.25) is 0 Å². The van der Waals surface area contributed by atoms with E-state index in [-0.39, 0.29) is 57.1 Å². The third-order valence-corrected chi connectivity index (χ3v) is 13.4. The fraction of sp³-hybridized carbons (Fsp3) is 0.125. The Bertz CT molecular complexity index is 4030. The quantitative estimate of drug-likeness (QED) is 0.0401. The van der Waals surface area contributed by atoms with Crippen LogP contribution in [0.15, 0.2) is 290 Å². The van der Waals surface area contributed by atoms with E-state index >= 15 is 0 Å². The summed E-state index contributed by atoms with van der Waals surface area (Å²) in [7, 11) is -19.8. The Hall–Kier alpha value is -9.54. The number of nitrogens with zero attached hydrogens (tertiary/aromatic N) is 15. The van der Waals surface area contributed by atoms with Crippen LogP contribution in [0.1, 0.15) is 68.6 Å². The van der Waals surface area contributed by atoms with E-state index in [1.54, 1.807) is 99.2 Å². The summed E-state index contributed by atoms with van der Waals surface area (Å²) in [5, 5.41) is 0. The Kier molecular flexibility index (Phi) is 43.9. The zero-order valence-electron chi connectivity index (χ0n) is 58.6. The van der Waals surface area contributed by atoms with E-state index in [0.29, 0.717) is 51.0 Å². The molecule has 0 fully saturated rings. The van der Waals surface area contributed by atoms with Crippen molar-refractivity contribution in [2.24, 2.45) is 15.0 Å². The van der Waals surface area contributed by atoms with Crippen LogP contribution in [0.2, 0.25) is 0 Å². The van der Waals surface area contributed by atoms with Crippen LogP contribution >= 0.6 is 0 Å². The molecule has 9 heterocycles. The van der Waals surface area contributed by atoms with Crippen molar-refractivity contribution < 1.29 is 169 Å². The Labute approximate surface area is 674 Å². The van der Waals surface area contributed by atoms with E-state index < -0.39 is 41.0 Å². The van der Waals surface area contributed by atoms with Gasteiger partial charge in [-0.05, 0) is 88.0 Å². The molecule has 9 aromatic heterocycles. The van der Waals surface area contributed by atoms with Crippen LogP contribution in [0.4, 0.5) is 0 Å². The van der Waals surface area contributed by atoms with E-state index in [0.717, 1.165) is 73.2 Å². The summed E-state index contributed by atoms with van der Waals surface area (Å²) in [6.45, 7) is 2.72. The van der Waals surface area contributed by atoms with Crippen LogP contribution in [0, 0.1) is 41.0 Å². The second-order valence-corrected chi connectivity index (χ2v) is 24.4. The van der Waals surface area contributed by atoms with Gasteiger partial charge in [0.25, 0.3) is 0 Å². The molecule has 12 rings (SSSR count). The fourth-order valence-corrected chi connectivity index (χ4v) is 8.72. The van der Waals surface area contributed by atoms with Gasteiger partial charge in [0.05, 0.1) is 122 Å². The molecule has 0 N–H and O–H groups in total. The molecule has 112 heavy (non-hydrogen) atoms. The van der Waals surface area contributed by atoms with Gasteiger partial charge in [-0.3, -0.25) is 74.8 Å².